The van der Waals surface area contributed by atoms with E-state index in [4.69, 9.17) is 4.74 Å². The third-order valence-corrected chi connectivity index (χ3v) is 2.99. The molecule has 0 aliphatic rings. The number of rotatable bonds is 1. The standard InChI is InChI=1S/C11H10BrNO/c1-7-6-9(14-2)10(12)11-8(7)4-3-5-13-11/h3-6H,1-2H3. The van der Waals surface area contributed by atoms with Crippen LogP contribution in [0.3, 0.4) is 0 Å². The Kier molecular flexibility index (Phi) is 2.42. The summed E-state index contributed by atoms with van der Waals surface area (Å²) < 4.78 is 6.16. The zero-order valence-electron chi connectivity index (χ0n) is 8.04. The number of aromatic nitrogens is 1. The number of ether oxygens (including phenoxy) is 1. The number of hydrogen-bond donors (Lipinski definition) is 0. The molecule has 1 aromatic heterocycles. The summed E-state index contributed by atoms with van der Waals surface area (Å²) in [7, 11) is 1.66. The molecule has 0 radical (unpaired) electrons. The SMILES string of the molecule is COc1cc(C)c2cccnc2c1Br. The number of nitrogens with zero attached hydrogens (tertiary/aromatic N) is 1. The summed E-state index contributed by atoms with van der Waals surface area (Å²) in [6.07, 6.45) is 1.78. The van der Waals surface area contributed by atoms with Gasteiger partial charge in [0.25, 0.3) is 0 Å². The van der Waals surface area contributed by atoms with Crippen molar-refractivity contribution in [3.63, 3.8) is 0 Å². The summed E-state index contributed by atoms with van der Waals surface area (Å²) in [5, 5.41) is 1.15. The van der Waals surface area contributed by atoms with Crippen molar-refractivity contribution in [2.75, 3.05) is 7.11 Å². The Morgan fingerprint density at radius 3 is 2.93 bits per heavy atom. The van der Waals surface area contributed by atoms with Gasteiger partial charge in [0.1, 0.15) is 5.75 Å². The van der Waals surface area contributed by atoms with Crippen LogP contribution in [0.5, 0.6) is 5.75 Å². The maximum absolute atomic E-state index is 5.25. The monoisotopic (exact) mass is 251 g/mol. The van der Waals surface area contributed by atoms with Crippen LogP contribution < -0.4 is 4.74 Å². The molecule has 1 heterocycles. The second kappa shape index (κ2) is 3.58. The predicted molar refractivity (Wildman–Crippen MR) is 60.7 cm³/mol. The highest BCUT2D eigenvalue weighted by atomic mass is 79.9. The molecule has 2 rings (SSSR count). The van der Waals surface area contributed by atoms with Crippen molar-refractivity contribution in [2.24, 2.45) is 0 Å². The van der Waals surface area contributed by atoms with E-state index in [2.05, 4.69) is 33.9 Å². The van der Waals surface area contributed by atoms with Crippen LogP contribution in [0.1, 0.15) is 5.56 Å². The highest BCUT2D eigenvalue weighted by Gasteiger charge is 2.08. The van der Waals surface area contributed by atoms with Crippen LogP contribution in [0.2, 0.25) is 0 Å². The number of pyridine rings is 1. The van der Waals surface area contributed by atoms with E-state index >= 15 is 0 Å². The van der Waals surface area contributed by atoms with Crippen molar-refractivity contribution < 1.29 is 4.74 Å². The summed E-state index contributed by atoms with van der Waals surface area (Å²) in [5.74, 6) is 0.828. The maximum Gasteiger partial charge on any atom is 0.135 e. The smallest absolute Gasteiger partial charge is 0.135 e. The molecule has 0 saturated heterocycles. The second-order valence-electron chi connectivity index (χ2n) is 3.11. The lowest BCUT2D eigenvalue weighted by Gasteiger charge is -2.08. The van der Waals surface area contributed by atoms with Crippen molar-refractivity contribution in [3.05, 3.63) is 34.4 Å². The van der Waals surface area contributed by atoms with Crippen molar-refractivity contribution >= 4 is 26.8 Å². The minimum atomic E-state index is 0.828. The topological polar surface area (TPSA) is 22.1 Å². The molecule has 2 aromatic rings. The zero-order valence-corrected chi connectivity index (χ0v) is 9.63. The average molecular weight is 252 g/mol. The minimum Gasteiger partial charge on any atom is -0.495 e. The van der Waals surface area contributed by atoms with Crippen molar-refractivity contribution in [1.82, 2.24) is 4.98 Å². The molecule has 0 saturated carbocycles. The average Bonchev–Trinajstić information content (AvgIpc) is 2.23. The van der Waals surface area contributed by atoms with Crippen molar-refractivity contribution in [1.29, 1.82) is 0 Å². The van der Waals surface area contributed by atoms with Crippen LogP contribution in [0.15, 0.2) is 28.9 Å². The molecule has 0 spiro atoms. The van der Waals surface area contributed by atoms with Gasteiger partial charge < -0.3 is 4.74 Å². The van der Waals surface area contributed by atoms with E-state index in [1.807, 2.05) is 12.1 Å². The molecule has 0 N–H and O–H groups in total. The third kappa shape index (κ3) is 1.38. The van der Waals surface area contributed by atoms with E-state index < -0.39 is 0 Å². The molecule has 0 aliphatic carbocycles. The van der Waals surface area contributed by atoms with E-state index in [9.17, 15) is 0 Å². The lowest BCUT2D eigenvalue weighted by atomic mass is 10.1. The first-order valence-corrected chi connectivity index (χ1v) is 5.11. The van der Waals surface area contributed by atoms with E-state index in [0.717, 1.165) is 21.1 Å². The van der Waals surface area contributed by atoms with Crippen LogP contribution in [0, 0.1) is 6.92 Å². The first-order chi connectivity index (χ1) is 6.74. The Hall–Kier alpha value is -1.09. The molecular weight excluding hydrogens is 242 g/mol. The zero-order chi connectivity index (χ0) is 10.1. The van der Waals surface area contributed by atoms with Gasteiger partial charge in [-0.2, -0.15) is 0 Å². The van der Waals surface area contributed by atoms with Crippen LogP contribution in [-0.4, -0.2) is 12.1 Å². The fourth-order valence-corrected chi connectivity index (χ4v) is 2.09. The molecule has 72 valence electrons. The third-order valence-electron chi connectivity index (χ3n) is 2.22. The minimum absolute atomic E-state index is 0.828. The fraction of sp³-hybridized carbons (Fsp3) is 0.182. The van der Waals surface area contributed by atoms with E-state index in [1.54, 1.807) is 13.3 Å². The summed E-state index contributed by atoms with van der Waals surface area (Å²) in [6, 6.07) is 6.00. The molecular formula is C11H10BrNO. The van der Waals surface area contributed by atoms with Gasteiger partial charge >= 0.3 is 0 Å². The number of benzene rings is 1. The number of aryl methyl sites for hydroxylation is 1. The summed E-state index contributed by atoms with van der Waals surface area (Å²) in [6.45, 7) is 2.05. The van der Waals surface area contributed by atoms with E-state index in [1.165, 1.54) is 5.56 Å². The van der Waals surface area contributed by atoms with E-state index in [0.29, 0.717) is 0 Å². The van der Waals surface area contributed by atoms with Crippen LogP contribution in [-0.2, 0) is 0 Å². The quantitative estimate of drug-likeness (QED) is 0.776. The molecule has 0 fully saturated rings. The number of hydrogen-bond acceptors (Lipinski definition) is 2. The molecule has 3 heteroatoms. The highest BCUT2D eigenvalue weighted by molar-refractivity contribution is 9.10. The van der Waals surface area contributed by atoms with Crippen molar-refractivity contribution in [3.8, 4) is 5.75 Å². The fourth-order valence-electron chi connectivity index (χ4n) is 1.50. The maximum atomic E-state index is 5.25. The summed E-state index contributed by atoms with van der Waals surface area (Å²) >= 11 is 3.49. The van der Waals surface area contributed by atoms with Gasteiger partial charge in [-0.05, 0) is 40.5 Å². The van der Waals surface area contributed by atoms with Gasteiger partial charge in [0.15, 0.2) is 0 Å². The first kappa shape index (κ1) is 9.46. The number of halogens is 1. The predicted octanol–water partition coefficient (Wildman–Crippen LogP) is 3.31. The molecule has 14 heavy (non-hydrogen) atoms. The van der Waals surface area contributed by atoms with Crippen LogP contribution in [0.4, 0.5) is 0 Å². The number of methoxy groups -OCH3 is 1. The molecule has 0 bridgehead atoms. The van der Waals surface area contributed by atoms with Gasteiger partial charge in [-0.25, -0.2) is 0 Å². The van der Waals surface area contributed by atoms with Gasteiger partial charge in [0, 0.05) is 11.6 Å². The molecule has 0 unspecified atom stereocenters. The second-order valence-corrected chi connectivity index (χ2v) is 3.90. The molecule has 0 aliphatic heterocycles. The van der Waals surface area contributed by atoms with Gasteiger partial charge in [-0.1, -0.05) is 6.07 Å². The molecule has 0 atom stereocenters. The van der Waals surface area contributed by atoms with Gasteiger partial charge in [0.2, 0.25) is 0 Å². The first-order valence-electron chi connectivity index (χ1n) is 4.32. The number of fused-ring (bicyclic) bond motifs is 1. The largest absolute Gasteiger partial charge is 0.495 e. The molecule has 0 amide bonds. The molecule has 2 nitrogen and oxygen atoms in total. The summed E-state index contributed by atoms with van der Waals surface area (Å²) in [5.41, 5.74) is 2.12. The Morgan fingerprint density at radius 1 is 1.43 bits per heavy atom. The Labute approximate surface area is 91.0 Å². The van der Waals surface area contributed by atoms with Crippen molar-refractivity contribution in [2.45, 2.75) is 6.92 Å². The van der Waals surface area contributed by atoms with Gasteiger partial charge in [0.05, 0.1) is 17.1 Å². The Balaban J connectivity index is 2.87. The Morgan fingerprint density at radius 2 is 2.21 bits per heavy atom. The van der Waals surface area contributed by atoms with E-state index in [-0.39, 0.29) is 0 Å². The normalized spacial score (nSPS) is 10.5. The van der Waals surface area contributed by atoms with Crippen LogP contribution in [0.25, 0.3) is 10.9 Å². The van der Waals surface area contributed by atoms with Gasteiger partial charge in [-0.15, -0.1) is 0 Å². The summed E-state index contributed by atoms with van der Waals surface area (Å²) in [4.78, 5) is 4.32. The highest BCUT2D eigenvalue weighted by Crippen LogP contribution is 2.33. The lowest BCUT2D eigenvalue weighted by molar-refractivity contribution is 0.412. The van der Waals surface area contributed by atoms with Gasteiger partial charge in [-0.3, -0.25) is 4.98 Å². The lowest BCUT2D eigenvalue weighted by Crippen LogP contribution is -1.89. The molecule has 1 aromatic carbocycles. The Bertz CT molecular complexity index is 482. The van der Waals surface area contributed by atoms with Crippen LogP contribution >= 0.6 is 15.9 Å².